The Labute approximate surface area is 524 Å². The Kier molecular flexibility index (Phi) is 34.2. The molecule has 0 spiro atoms. The van der Waals surface area contributed by atoms with Gasteiger partial charge in [0.25, 0.3) is 0 Å². The number of amides is 3. The Morgan fingerprint density at radius 3 is 1.52 bits per heavy atom. The molecule has 4 aromatic carbocycles. The van der Waals surface area contributed by atoms with Gasteiger partial charge in [0.1, 0.15) is 17.1 Å². The van der Waals surface area contributed by atoms with Crippen molar-refractivity contribution in [3.05, 3.63) is 142 Å². The van der Waals surface area contributed by atoms with E-state index in [4.69, 9.17) is 61.3 Å². The number of benzene rings is 5. The maximum Gasteiger partial charge on any atom is 0.336 e. The van der Waals surface area contributed by atoms with Gasteiger partial charge in [-0.1, -0.05) is 60.4 Å². The molecule has 23 nitrogen and oxygen atoms in total. The topological polar surface area (TPSA) is 277 Å². The Bertz CT molecular complexity index is 3180. The summed E-state index contributed by atoms with van der Waals surface area (Å²) in [5, 5.41) is 25.4. The van der Waals surface area contributed by atoms with E-state index in [0.717, 1.165) is 22.4 Å². The number of carboxylic acids is 1. The summed E-state index contributed by atoms with van der Waals surface area (Å²) in [7, 11) is 0. The van der Waals surface area contributed by atoms with E-state index in [-0.39, 0.29) is 60.5 Å². The van der Waals surface area contributed by atoms with Crippen molar-refractivity contribution >= 4 is 40.3 Å². The Morgan fingerprint density at radius 1 is 0.500 bits per heavy atom. The molecule has 4 N–H and O–H groups in total. The number of carbonyl (C=O) groups excluding carboxylic acids is 3. The van der Waals surface area contributed by atoms with Crippen LogP contribution in [-0.4, -0.2) is 206 Å². The quantitative estimate of drug-likeness (QED) is 0.0190. The maximum atomic E-state index is 13.3. The number of nitrogens with zero attached hydrogens (tertiary/aromatic N) is 1. The monoisotopic (exact) mass is 1250 g/mol. The third-order valence-corrected chi connectivity index (χ3v) is 13.1. The van der Waals surface area contributed by atoms with Crippen molar-refractivity contribution in [2.75, 3.05) is 177 Å². The molecule has 2 aliphatic heterocycles. The van der Waals surface area contributed by atoms with Crippen LogP contribution in [0.4, 0.5) is 5.69 Å². The van der Waals surface area contributed by atoms with E-state index in [9.17, 15) is 34.2 Å². The van der Waals surface area contributed by atoms with Gasteiger partial charge in [0, 0.05) is 72.6 Å². The highest BCUT2D eigenvalue weighted by atomic mass is 16.6. The normalized spacial score (nSPS) is 11.6. The van der Waals surface area contributed by atoms with Gasteiger partial charge in [-0.25, -0.2) is 4.79 Å². The first-order valence-electron chi connectivity index (χ1n) is 30.0. The van der Waals surface area contributed by atoms with Gasteiger partial charge in [0.2, 0.25) is 17.7 Å². The number of phenols is 1. The number of anilines is 1. The lowest BCUT2D eigenvalue weighted by atomic mass is 9.91. The molecular weight excluding hydrogens is 1170 g/mol. The third kappa shape index (κ3) is 27.2. The second kappa shape index (κ2) is 43.1. The van der Waals surface area contributed by atoms with Crippen LogP contribution < -0.4 is 21.0 Å². The first-order chi connectivity index (χ1) is 44.1. The van der Waals surface area contributed by atoms with Gasteiger partial charge in [-0.2, -0.15) is 0 Å². The zero-order valence-corrected chi connectivity index (χ0v) is 51.1. The molecule has 0 bridgehead atoms. The number of hydrogen-bond donors (Lipinski definition) is 4. The van der Waals surface area contributed by atoms with Crippen LogP contribution >= 0.6 is 0 Å². The number of ether oxygens (including phenoxy) is 12. The lowest BCUT2D eigenvalue weighted by Gasteiger charge is -2.26. The summed E-state index contributed by atoms with van der Waals surface area (Å²) in [6, 6.07) is 31.1. The summed E-state index contributed by atoms with van der Waals surface area (Å²) in [6.45, 7) is 13.5. The lowest BCUT2D eigenvalue weighted by Crippen LogP contribution is -2.35. The molecule has 0 fully saturated rings. The molecule has 0 aromatic heterocycles. The molecular formula is C67H83N3O20. The van der Waals surface area contributed by atoms with E-state index in [1.165, 1.54) is 37.3 Å². The zero-order chi connectivity index (χ0) is 63.6. The van der Waals surface area contributed by atoms with Crippen LogP contribution in [0.5, 0.6) is 5.75 Å². The number of carboxylic acid groups (broad SMARTS) is 1. The van der Waals surface area contributed by atoms with E-state index in [1.807, 2.05) is 48.5 Å². The Balaban J connectivity index is 0.000000422. The number of carbonyl (C=O) groups is 4. The van der Waals surface area contributed by atoms with Gasteiger partial charge in [-0.15, -0.1) is 0 Å². The van der Waals surface area contributed by atoms with Crippen LogP contribution in [0.15, 0.2) is 118 Å². The summed E-state index contributed by atoms with van der Waals surface area (Å²) in [4.78, 5) is 61.5. The lowest BCUT2D eigenvalue weighted by molar-refractivity contribution is -0.123. The van der Waals surface area contributed by atoms with Crippen molar-refractivity contribution in [2.24, 2.45) is 0 Å². The van der Waals surface area contributed by atoms with E-state index in [1.54, 1.807) is 35.2 Å². The van der Waals surface area contributed by atoms with Gasteiger partial charge < -0.3 is 87.0 Å². The summed E-state index contributed by atoms with van der Waals surface area (Å²) < 4.78 is 71.5. The molecule has 0 atom stereocenters. The molecule has 23 heteroatoms. The molecule has 90 heavy (non-hydrogen) atoms. The van der Waals surface area contributed by atoms with E-state index in [2.05, 4.69) is 22.5 Å². The summed E-state index contributed by atoms with van der Waals surface area (Å²) >= 11 is 0. The standard InChI is InChI=1S/C47H71N3O15.C20H12O5/c1-41(51)48-15-17-55-19-21-57-23-25-59-27-29-61-31-33-63-35-37-65-39-38-64-36-34-62-32-30-60-28-26-58-24-22-56-20-18-54-16-13-46(52)49-14-12-47(53)50-40-44-8-3-2-6-42(44)10-11-43-7-4-5-9-45(43)50;21-11-5-7-15-17(9-11)25-18-10-12(22)6-8-16(18)19(15)13-3-1-2-4-14(13)20(23)24/h2-9H,12-40H2,1H3,(H,48,51)(H,49,52);1-10,21H,(H,23,24). The highest BCUT2D eigenvalue weighted by Gasteiger charge is 2.23. The van der Waals surface area contributed by atoms with Crippen LogP contribution in [-0.2, 0) is 77.8 Å². The molecule has 4 aromatic rings. The van der Waals surface area contributed by atoms with Gasteiger partial charge in [0.15, 0.2) is 5.43 Å². The molecule has 0 radical (unpaired) electrons. The van der Waals surface area contributed by atoms with Crippen molar-refractivity contribution in [3.63, 3.8) is 0 Å². The van der Waals surface area contributed by atoms with Gasteiger partial charge in [-0.3, -0.25) is 19.2 Å². The molecule has 3 amide bonds. The zero-order valence-electron chi connectivity index (χ0n) is 51.1. The predicted molar refractivity (Wildman–Crippen MR) is 334 cm³/mol. The molecule has 3 aliphatic rings. The SMILES string of the molecule is CC(=O)NCCOCCOCCOCCOCCOCCOCCOCCOCCOCCOCCOCCOCCC(=O)NCCC(=O)N1Cc2ccccc2C#Cc2ccccc21.O=C(O)c1ccccc1-c1c2ccc(=O)cc-2oc2cc(O)ccc12. The number of aromatic carboxylic acids is 1. The van der Waals surface area contributed by atoms with Crippen molar-refractivity contribution in [1.29, 1.82) is 0 Å². The minimum Gasteiger partial charge on any atom is -0.508 e. The van der Waals surface area contributed by atoms with Crippen molar-refractivity contribution in [2.45, 2.75) is 26.3 Å². The first-order valence-corrected chi connectivity index (χ1v) is 30.0. The number of hydrogen-bond acceptors (Lipinski definition) is 19. The van der Waals surface area contributed by atoms with Crippen LogP contribution in [0, 0.1) is 11.8 Å². The van der Waals surface area contributed by atoms with Crippen LogP contribution in [0.1, 0.15) is 46.8 Å². The fourth-order valence-corrected chi connectivity index (χ4v) is 8.76. The number of nitrogens with one attached hydrogen (secondary N) is 2. The number of aromatic hydroxyl groups is 1. The number of rotatable bonds is 44. The maximum absolute atomic E-state index is 13.3. The smallest absolute Gasteiger partial charge is 0.336 e. The molecule has 0 saturated carbocycles. The summed E-state index contributed by atoms with van der Waals surface area (Å²) in [6.07, 6.45) is 0.361. The fraction of sp³-hybridized carbons (Fsp3) is 0.448. The number of phenolic OH excluding ortho intramolecular Hbond substituents is 1. The van der Waals surface area contributed by atoms with Crippen molar-refractivity contribution in [3.8, 4) is 40.0 Å². The van der Waals surface area contributed by atoms with Crippen molar-refractivity contribution in [1.82, 2.24) is 10.6 Å². The van der Waals surface area contributed by atoms with Crippen molar-refractivity contribution < 1.29 is 90.7 Å². The molecule has 0 saturated heterocycles. The molecule has 0 unspecified atom stereocenters. The molecule has 486 valence electrons. The van der Waals surface area contributed by atoms with E-state index < -0.39 is 5.97 Å². The third-order valence-electron chi connectivity index (χ3n) is 13.1. The second-order valence-corrected chi connectivity index (χ2v) is 19.8. The Hall–Kier alpha value is -7.67. The van der Waals surface area contributed by atoms with Gasteiger partial charge >= 0.3 is 5.97 Å². The molecule has 2 heterocycles. The molecule has 7 rings (SSSR count). The highest BCUT2D eigenvalue weighted by molar-refractivity contribution is 6.07. The average molecular weight is 1250 g/mol. The van der Waals surface area contributed by atoms with Crippen LogP contribution in [0.3, 0.4) is 0 Å². The summed E-state index contributed by atoms with van der Waals surface area (Å²) in [5.41, 5.74) is 5.55. The van der Waals surface area contributed by atoms with E-state index in [0.29, 0.717) is 198 Å². The first kappa shape index (κ1) is 71.4. The van der Waals surface area contributed by atoms with E-state index >= 15 is 0 Å². The van der Waals surface area contributed by atoms with Crippen LogP contribution in [0.2, 0.25) is 0 Å². The van der Waals surface area contributed by atoms with Gasteiger partial charge in [0.05, 0.1) is 176 Å². The number of para-hydroxylation sites is 1. The highest BCUT2D eigenvalue weighted by Crippen LogP contribution is 2.42. The minimum absolute atomic E-state index is 0.0198. The molecule has 1 aliphatic carbocycles. The largest absolute Gasteiger partial charge is 0.508 e. The average Bonchev–Trinajstić information content (AvgIpc) is 0.799. The number of fused-ring (bicyclic) bond motifs is 4. The second-order valence-electron chi connectivity index (χ2n) is 19.8. The fourth-order valence-electron chi connectivity index (χ4n) is 8.76. The predicted octanol–water partition coefficient (Wildman–Crippen LogP) is 6.13. The van der Waals surface area contributed by atoms with Crippen LogP contribution in [0.25, 0.3) is 33.4 Å². The summed E-state index contributed by atoms with van der Waals surface area (Å²) in [5.74, 6) is 5.40. The Morgan fingerprint density at radius 2 is 0.978 bits per heavy atom. The van der Waals surface area contributed by atoms with Gasteiger partial charge in [-0.05, 0) is 59.7 Å². The minimum atomic E-state index is -1.04.